The van der Waals surface area contributed by atoms with Gasteiger partial charge in [-0.15, -0.1) is 0 Å². The van der Waals surface area contributed by atoms with E-state index < -0.39 is 5.97 Å². The van der Waals surface area contributed by atoms with Crippen molar-refractivity contribution in [2.45, 2.75) is 20.8 Å². The Bertz CT molecular complexity index is 478. The van der Waals surface area contributed by atoms with Gasteiger partial charge in [-0.3, -0.25) is 4.79 Å². The highest BCUT2D eigenvalue weighted by molar-refractivity contribution is 6.08. The third-order valence-electron chi connectivity index (χ3n) is 2.44. The number of aliphatic carboxylic acids is 1. The minimum Gasteiger partial charge on any atom is -0.494 e. The van der Waals surface area contributed by atoms with E-state index in [-0.39, 0.29) is 5.78 Å². The molecular weight excluding hydrogens is 232 g/mol. The van der Waals surface area contributed by atoms with Crippen molar-refractivity contribution in [3.05, 3.63) is 41.0 Å². The molecule has 4 nitrogen and oxygen atoms in total. The van der Waals surface area contributed by atoms with Crippen molar-refractivity contribution >= 4 is 11.8 Å². The number of rotatable bonds is 5. The van der Waals surface area contributed by atoms with Gasteiger partial charge in [0.2, 0.25) is 0 Å². The monoisotopic (exact) mass is 248 g/mol. The van der Waals surface area contributed by atoms with Crippen LogP contribution < -0.4 is 4.74 Å². The van der Waals surface area contributed by atoms with E-state index in [1.165, 1.54) is 0 Å². The number of carbonyl (C=O) groups excluding carboxylic acids is 1. The molecule has 18 heavy (non-hydrogen) atoms. The molecule has 1 rings (SSSR count). The molecule has 0 bridgehead atoms. The Morgan fingerprint density at radius 3 is 2.22 bits per heavy atom. The summed E-state index contributed by atoms with van der Waals surface area (Å²) in [6, 6.07) is 3.55. The van der Waals surface area contributed by atoms with E-state index in [2.05, 4.69) is 0 Å². The number of ketones is 1. The average Bonchev–Trinajstić information content (AvgIpc) is 2.25. The number of aryl methyl sites for hydroxylation is 2. The Kier molecular flexibility index (Phi) is 4.66. The topological polar surface area (TPSA) is 63.6 Å². The lowest BCUT2D eigenvalue weighted by atomic mass is 9.98. The first-order valence-electron chi connectivity index (χ1n) is 5.65. The van der Waals surface area contributed by atoms with Gasteiger partial charge in [0.1, 0.15) is 5.75 Å². The van der Waals surface area contributed by atoms with Crippen molar-refractivity contribution in [1.29, 1.82) is 0 Å². The van der Waals surface area contributed by atoms with E-state index in [0.29, 0.717) is 17.9 Å². The molecule has 0 atom stereocenters. The summed E-state index contributed by atoms with van der Waals surface area (Å²) in [6.45, 7) is 6.05. The molecule has 0 radical (unpaired) electrons. The number of carboxylic acids is 1. The highest BCUT2D eigenvalue weighted by Crippen LogP contribution is 2.22. The minimum absolute atomic E-state index is 0.310. The molecule has 0 heterocycles. The maximum Gasteiger partial charge on any atom is 0.328 e. The Morgan fingerprint density at radius 2 is 1.78 bits per heavy atom. The molecule has 0 aliphatic heterocycles. The number of benzene rings is 1. The normalized spacial score (nSPS) is 10.6. The minimum atomic E-state index is -1.13. The van der Waals surface area contributed by atoms with Crippen molar-refractivity contribution in [3.8, 4) is 5.75 Å². The molecule has 4 heteroatoms. The number of ether oxygens (including phenoxy) is 1. The van der Waals surface area contributed by atoms with Gasteiger partial charge in [-0.25, -0.2) is 4.79 Å². The SMILES string of the molecule is CCOc1cc(C)c(C(=O)/C=C/C(=O)O)c(C)c1. The predicted octanol–water partition coefficient (Wildman–Crippen LogP) is 2.53. The van der Waals surface area contributed by atoms with E-state index in [4.69, 9.17) is 9.84 Å². The van der Waals surface area contributed by atoms with Gasteiger partial charge in [0.25, 0.3) is 0 Å². The number of carbonyl (C=O) groups is 2. The first-order chi connectivity index (χ1) is 8.45. The molecule has 0 aromatic heterocycles. The Morgan fingerprint density at radius 1 is 1.22 bits per heavy atom. The van der Waals surface area contributed by atoms with Gasteiger partial charge in [0.15, 0.2) is 5.78 Å². The second-order valence-electron chi connectivity index (χ2n) is 3.90. The van der Waals surface area contributed by atoms with Crippen LogP contribution >= 0.6 is 0 Å². The molecule has 0 aliphatic rings. The van der Waals surface area contributed by atoms with Crippen molar-refractivity contribution in [2.75, 3.05) is 6.61 Å². The summed E-state index contributed by atoms with van der Waals surface area (Å²) in [5.41, 5.74) is 2.08. The quantitative estimate of drug-likeness (QED) is 0.642. The fraction of sp³-hybridized carbons (Fsp3) is 0.286. The predicted molar refractivity (Wildman–Crippen MR) is 68.2 cm³/mol. The van der Waals surface area contributed by atoms with E-state index >= 15 is 0 Å². The summed E-state index contributed by atoms with van der Waals surface area (Å²) in [5.74, 6) is -0.730. The van der Waals surface area contributed by atoms with Gasteiger partial charge in [-0.05, 0) is 50.1 Å². The van der Waals surface area contributed by atoms with Crippen molar-refractivity contribution in [2.24, 2.45) is 0 Å². The summed E-state index contributed by atoms with van der Waals surface area (Å²) >= 11 is 0. The second kappa shape index (κ2) is 6.00. The first kappa shape index (κ1) is 14.0. The smallest absolute Gasteiger partial charge is 0.328 e. The molecule has 1 aromatic rings. The fourth-order valence-electron chi connectivity index (χ4n) is 1.79. The van der Waals surface area contributed by atoms with Crippen molar-refractivity contribution < 1.29 is 19.4 Å². The molecule has 0 unspecified atom stereocenters. The van der Waals surface area contributed by atoms with Crippen LogP contribution in [0.15, 0.2) is 24.3 Å². The number of hydrogen-bond acceptors (Lipinski definition) is 3. The zero-order valence-electron chi connectivity index (χ0n) is 10.7. The van der Waals surface area contributed by atoms with Gasteiger partial charge >= 0.3 is 5.97 Å². The van der Waals surface area contributed by atoms with Crippen LogP contribution in [0.2, 0.25) is 0 Å². The van der Waals surface area contributed by atoms with Gasteiger partial charge in [-0.2, -0.15) is 0 Å². The van der Waals surface area contributed by atoms with Crippen LogP contribution in [0.5, 0.6) is 5.75 Å². The highest BCUT2D eigenvalue weighted by atomic mass is 16.5. The van der Waals surface area contributed by atoms with E-state index in [0.717, 1.165) is 23.3 Å². The first-order valence-corrected chi connectivity index (χ1v) is 5.65. The van der Waals surface area contributed by atoms with Gasteiger partial charge in [0, 0.05) is 11.6 Å². The molecule has 0 spiro atoms. The molecule has 0 saturated carbocycles. The molecular formula is C14H16O4. The molecule has 0 aliphatic carbocycles. The lowest BCUT2D eigenvalue weighted by Crippen LogP contribution is -2.04. The largest absolute Gasteiger partial charge is 0.494 e. The van der Waals surface area contributed by atoms with Crippen LogP contribution in [0.4, 0.5) is 0 Å². The summed E-state index contributed by atoms with van der Waals surface area (Å²) in [6.07, 6.45) is 1.91. The molecule has 0 fully saturated rings. The Labute approximate surface area is 106 Å². The molecule has 96 valence electrons. The lowest BCUT2D eigenvalue weighted by Gasteiger charge is -2.10. The van der Waals surface area contributed by atoms with Crippen LogP contribution in [-0.4, -0.2) is 23.5 Å². The average molecular weight is 248 g/mol. The van der Waals surface area contributed by atoms with Gasteiger partial charge < -0.3 is 9.84 Å². The standard InChI is InChI=1S/C14H16O4/c1-4-18-11-7-9(2)14(10(3)8-11)12(15)5-6-13(16)17/h5-8H,4H2,1-3H3,(H,16,17)/b6-5+. The number of allylic oxidation sites excluding steroid dienone is 1. The van der Waals surface area contributed by atoms with Crippen molar-refractivity contribution in [1.82, 2.24) is 0 Å². The second-order valence-corrected chi connectivity index (χ2v) is 3.90. The molecule has 0 saturated heterocycles. The molecule has 0 amide bonds. The summed E-state index contributed by atoms with van der Waals surface area (Å²) < 4.78 is 5.38. The Hall–Kier alpha value is -2.10. The fourth-order valence-corrected chi connectivity index (χ4v) is 1.79. The molecule has 1 aromatic carbocycles. The Balaban J connectivity index is 3.10. The highest BCUT2D eigenvalue weighted by Gasteiger charge is 2.11. The summed E-state index contributed by atoms with van der Waals surface area (Å²) in [4.78, 5) is 22.3. The van der Waals surface area contributed by atoms with E-state index in [1.54, 1.807) is 26.0 Å². The zero-order chi connectivity index (χ0) is 13.7. The van der Waals surface area contributed by atoms with Crippen LogP contribution in [0.1, 0.15) is 28.4 Å². The van der Waals surface area contributed by atoms with Crippen LogP contribution in [0.3, 0.4) is 0 Å². The summed E-state index contributed by atoms with van der Waals surface area (Å²) in [5, 5.41) is 8.50. The van der Waals surface area contributed by atoms with Crippen LogP contribution in [0.25, 0.3) is 0 Å². The van der Waals surface area contributed by atoms with Gasteiger partial charge in [0.05, 0.1) is 6.61 Å². The van der Waals surface area contributed by atoms with Crippen LogP contribution in [0, 0.1) is 13.8 Å². The zero-order valence-corrected chi connectivity index (χ0v) is 10.7. The van der Waals surface area contributed by atoms with Crippen molar-refractivity contribution in [3.63, 3.8) is 0 Å². The summed E-state index contributed by atoms with van der Waals surface area (Å²) in [7, 11) is 0. The van der Waals surface area contributed by atoms with Gasteiger partial charge in [-0.1, -0.05) is 0 Å². The third kappa shape index (κ3) is 3.45. The third-order valence-corrected chi connectivity index (χ3v) is 2.44. The maximum absolute atomic E-state index is 11.9. The lowest BCUT2D eigenvalue weighted by molar-refractivity contribution is -0.131. The molecule has 1 N–H and O–H groups in total. The number of carboxylic acid groups (broad SMARTS) is 1. The number of hydrogen-bond donors (Lipinski definition) is 1. The van der Waals surface area contributed by atoms with E-state index in [9.17, 15) is 9.59 Å². The van der Waals surface area contributed by atoms with Crippen LogP contribution in [-0.2, 0) is 4.79 Å². The van der Waals surface area contributed by atoms with E-state index in [1.807, 2.05) is 6.92 Å². The maximum atomic E-state index is 11.9.